The van der Waals surface area contributed by atoms with Crippen LogP contribution in [0.1, 0.15) is 25.8 Å². The highest BCUT2D eigenvalue weighted by Gasteiger charge is 2.15. The molecular formula is C14H20O4. The van der Waals surface area contributed by atoms with Gasteiger partial charge in [-0.3, -0.25) is 4.79 Å². The Labute approximate surface area is 108 Å². The number of hydrogen-bond donors (Lipinski definition) is 1. The van der Waals surface area contributed by atoms with Crippen LogP contribution in [-0.4, -0.2) is 24.3 Å². The van der Waals surface area contributed by atoms with Crippen LogP contribution >= 0.6 is 0 Å². The number of esters is 1. The van der Waals surface area contributed by atoms with E-state index in [-0.39, 0.29) is 24.9 Å². The van der Waals surface area contributed by atoms with Crippen molar-refractivity contribution in [1.82, 2.24) is 0 Å². The molecule has 0 fully saturated rings. The molecule has 1 aromatic rings. The minimum Gasteiger partial charge on any atom is -0.497 e. The van der Waals surface area contributed by atoms with E-state index in [1.807, 2.05) is 38.1 Å². The molecule has 0 heterocycles. The van der Waals surface area contributed by atoms with E-state index < -0.39 is 6.10 Å². The third kappa shape index (κ3) is 4.75. The number of methoxy groups -OCH3 is 1. The van der Waals surface area contributed by atoms with Gasteiger partial charge in [0.05, 0.1) is 19.6 Å². The molecule has 1 N–H and O–H groups in total. The maximum atomic E-state index is 11.4. The fourth-order valence-electron chi connectivity index (χ4n) is 1.35. The summed E-state index contributed by atoms with van der Waals surface area (Å²) in [4.78, 5) is 11.4. The second-order valence-corrected chi connectivity index (χ2v) is 4.52. The molecule has 0 spiro atoms. The molecule has 0 unspecified atom stereocenters. The minimum atomic E-state index is -0.645. The first kappa shape index (κ1) is 14.5. The maximum absolute atomic E-state index is 11.4. The highest BCUT2D eigenvalue weighted by Crippen LogP contribution is 2.13. The lowest BCUT2D eigenvalue weighted by molar-refractivity contribution is -0.147. The Morgan fingerprint density at radius 1 is 1.28 bits per heavy atom. The number of rotatable bonds is 6. The Bertz CT molecular complexity index is 370. The van der Waals surface area contributed by atoms with Gasteiger partial charge in [0.15, 0.2) is 0 Å². The molecule has 1 atom stereocenters. The molecule has 1 rings (SSSR count). The zero-order chi connectivity index (χ0) is 13.5. The van der Waals surface area contributed by atoms with Crippen LogP contribution in [0.2, 0.25) is 0 Å². The topological polar surface area (TPSA) is 55.8 Å². The molecule has 0 aliphatic carbocycles. The lowest BCUT2D eigenvalue weighted by atomic mass is 10.1. The summed E-state index contributed by atoms with van der Waals surface area (Å²) in [7, 11) is 1.60. The van der Waals surface area contributed by atoms with Gasteiger partial charge in [-0.2, -0.15) is 0 Å². The van der Waals surface area contributed by atoms with Crippen molar-refractivity contribution in [3.05, 3.63) is 29.8 Å². The molecule has 18 heavy (non-hydrogen) atoms. The summed E-state index contributed by atoms with van der Waals surface area (Å²) in [5, 5.41) is 9.54. The van der Waals surface area contributed by atoms with Crippen LogP contribution in [0, 0.1) is 5.92 Å². The third-order valence-corrected chi connectivity index (χ3v) is 2.70. The second-order valence-electron chi connectivity index (χ2n) is 4.52. The SMILES string of the molecule is COc1ccc(COC(=O)C[C@@H](O)C(C)C)cc1. The highest BCUT2D eigenvalue weighted by atomic mass is 16.5. The fourth-order valence-corrected chi connectivity index (χ4v) is 1.35. The summed E-state index contributed by atoms with van der Waals surface area (Å²) < 4.78 is 10.1. The van der Waals surface area contributed by atoms with E-state index in [2.05, 4.69) is 0 Å². The zero-order valence-electron chi connectivity index (χ0n) is 11.1. The smallest absolute Gasteiger partial charge is 0.308 e. The highest BCUT2D eigenvalue weighted by molar-refractivity contribution is 5.70. The zero-order valence-corrected chi connectivity index (χ0v) is 11.1. The van der Waals surface area contributed by atoms with Crippen LogP contribution in [0.25, 0.3) is 0 Å². The normalized spacial score (nSPS) is 12.3. The number of carbonyl (C=O) groups is 1. The van der Waals surface area contributed by atoms with Gasteiger partial charge in [0.2, 0.25) is 0 Å². The monoisotopic (exact) mass is 252 g/mol. The van der Waals surface area contributed by atoms with Crippen molar-refractivity contribution < 1.29 is 19.4 Å². The summed E-state index contributed by atoms with van der Waals surface area (Å²) in [6.45, 7) is 3.94. The molecule has 0 aliphatic heterocycles. The number of carbonyl (C=O) groups excluding carboxylic acids is 1. The molecule has 100 valence electrons. The van der Waals surface area contributed by atoms with Crippen molar-refractivity contribution in [3.8, 4) is 5.75 Å². The van der Waals surface area contributed by atoms with Crippen molar-refractivity contribution in [2.24, 2.45) is 5.92 Å². The van der Waals surface area contributed by atoms with Crippen LogP contribution in [0.15, 0.2) is 24.3 Å². The van der Waals surface area contributed by atoms with Gasteiger partial charge in [0.1, 0.15) is 12.4 Å². The molecule has 4 heteroatoms. The first-order chi connectivity index (χ1) is 8.52. The predicted octanol–water partition coefficient (Wildman–Crippen LogP) is 2.15. The number of aliphatic hydroxyl groups is 1. The number of hydrogen-bond acceptors (Lipinski definition) is 4. The molecule has 4 nitrogen and oxygen atoms in total. The number of ether oxygens (including phenoxy) is 2. The fraction of sp³-hybridized carbons (Fsp3) is 0.500. The van der Waals surface area contributed by atoms with E-state index in [0.717, 1.165) is 11.3 Å². The Balaban J connectivity index is 2.37. The average molecular weight is 252 g/mol. The lowest BCUT2D eigenvalue weighted by Gasteiger charge is -2.13. The molecule has 0 saturated heterocycles. The van der Waals surface area contributed by atoms with Gasteiger partial charge in [-0.25, -0.2) is 0 Å². The number of benzene rings is 1. The molecule has 0 aromatic heterocycles. The van der Waals surface area contributed by atoms with Gasteiger partial charge < -0.3 is 14.6 Å². The summed E-state index contributed by atoms with van der Waals surface area (Å²) >= 11 is 0. The van der Waals surface area contributed by atoms with E-state index in [4.69, 9.17) is 9.47 Å². The Morgan fingerprint density at radius 3 is 2.39 bits per heavy atom. The van der Waals surface area contributed by atoms with Gasteiger partial charge >= 0.3 is 5.97 Å². The minimum absolute atomic E-state index is 0.0355. The standard InChI is InChI=1S/C14H20O4/c1-10(2)13(15)8-14(16)18-9-11-4-6-12(17-3)7-5-11/h4-7,10,13,15H,8-9H2,1-3H3/t13-/m1/s1. The van der Waals surface area contributed by atoms with Crippen molar-refractivity contribution in [1.29, 1.82) is 0 Å². The van der Waals surface area contributed by atoms with Gasteiger partial charge in [-0.05, 0) is 23.6 Å². The summed E-state index contributed by atoms with van der Waals surface area (Å²) in [5.74, 6) is 0.436. The van der Waals surface area contributed by atoms with Crippen LogP contribution in [0.5, 0.6) is 5.75 Å². The van der Waals surface area contributed by atoms with E-state index in [0.29, 0.717) is 0 Å². The van der Waals surface area contributed by atoms with Crippen molar-refractivity contribution >= 4 is 5.97 Å². The van der Waals surface area contributed by atoms with Gasteiger partial charge in [-0.1, -0.05) is 26.0 Å². The Morgan fingerprint density at radius 2 is 1.89 bits per heavy atom. The lowest BCUT2D eigenvalue weighted by Crippen LogP contribution is -2.20. The first-order valence-corrected chi connectivity index (χ1v) is 5.99. The predicted molar refractivity (Wildman–Crippen MR) is 68.3 cm³/mol. The van der Waals surface area contributed by atoms with Crippen LogP contribution in [-0.2, 0) is 16.1 Å². The molecule has 0 aliphatic rings. The maximum Gasteiger partial charge on any atom is 0.308 e. The number of aliphatic hydroxyl groups excluding tert-OH is 1. The summed E-state index contributed by atoms with van der Waals surface area (Å²) in [5.41, 5.74) is 0.892. The molecule has 0 bridgehead atoms. The van der Waals surface area contributed by atoms with Crippen molar-refractivity contribution in [2.75, 3.05) is 7.11 Å². The Hall–Kier alpha value is -1.55. The summed E-state index contributed by atoms with van der Waals surface area (Å²) in [6.07, 6.45) is -0.609. The quantitative estimate of drug-likeness (QED) is 0.788. The average Bonchev–Trinajstić information content (AvgIpc) is 2.36. The van der Waals surface area contributed by atoms with Crippen LogP contribution in [0.3, 0.4) is 0 Å². The molecule has 1 aromatic carbocycles. The van der Waals surface area contributed by atoms with E-state index in [9.17, 15) is 9.90 Å². The largest absolute Gasteiger partial charge is 0.497 e. The van der Waals surface area contributed by atoms with Gasteiger partial charge in [0.25, 0.3) is 0 Å². The Kier molecular flexibility index (Phi) is 5.65. The van der Waals surface area contributed by atoms with Gasteiger partial charge in [-0.15, -0.1) is 0 Å². The molecule has 0 saturated carbocycles. The van der Waals surface area contributed by atoms with E-state index in [1.54, 1.807) is 7.11 Å². The summed E-state index contributed by atoms with van der Waals surface area (Å²) in [6, 6.07) is 7.30. The van der Waals surface area contributed by atoms with Crippen molar-refractivity contribution in [3.63, 3.8) is 0 Å². The molecule has 0 amide bonds. The molecular weight excluding hydrogens is 232 g/mol. The van der Waals surface area contributed by atoms with E-state index in [1.165, 1.54) is 0 Å². The van der Waals surface area contributed by atoms with Crippen LogP contribution < -0.4 is 4.74 Å². The third-order valence-electron chi connectivity index (χ3n) is 2.70. The second kappa shape index (κ2) is 7.01. The molecule has 0 radical (unpaired) electrons. The van der Waals surface area contributed by atoms with Crippen molar-refractivity contribution in [2.45, 2.75) is 33.0 Å². The van der Waals surface area contributed by atoms with E-state index >= 15 is 0 Å². The first-order valence-electron chi connectivity index (χ1n) is 5.99. The van der Waals surface area contributed by atoms with Gasteiger partial charge in [0, 0.05) is 0 Å². The van der Waals surface area contributed by atoms with Crippen LogP contribution in [0.4, 0.5) is 0 Å².